The van der Waals surface area contributed by atoms with Gasteiger partial charge in [0.25, 0.3) is 0 Å². The van der Waals surface area contributed by atoms with Gasteiger partial charge in [-0.25, -0.2) is 0 Å². The fraction of sp³-hybridized carbons (Fsp3) is 0.533. The first-order valence-corrected chi connectivity index (χ1v) is 6.05. The first-order valence-electron chi connectivity index (χ1n) is 6.05. The summed E-state index contributed by atoms with van der Waals surface area (Å²) in [4.78, 5) is 11.5. The van der Waals surface area contributed by atoms with Gasteiger partial charge in [-0.05, 0) is 33.8 Å². The quantitative estimate of drug-likeness (QED) is 0.541. The van der Waals surface area contributed by atoms with E-state index in [9.17, 15) is 15.0 Å². The Kier molecular flexibility index (Phi) is 6.81. The highest BCUT2D eigenvalue weighted by Crippen LogP contribution is 2.15. The molecule has 3 heteroatoms. The Hall–Kier alpha value is -1.19. The SMILES string of the molecule is C=C[C@@](C)(O)C[C@@H](O)/C=C(\C)CC(=O)C=C(C)C. The number of hydrogen-bond acceptors (Lipinski definition) is 3. The van der Waals surface area contributed by atoms with Crippen LogP contribution in [0.4, 0.5) is 0 Å². The monoisotopic (exact) mass is 252 g/mol. The predicted octanol–water partition coefficient (Wildman–Crippen LogP) is 2.55. The maximum absolute atomic E-state index is 11.5. The van der Waals surface area contributed by atoms with Crippen LogP contribution in [0.2, 0.25) is 0 Å². The molecule has 2 atom stereocenters. The summed E-state index contributed by atoms with van der Waals surface area (Å²) in [5, 5.41) is 19.5. The number of aliphatic hydroxyl groups excluding tert-OH is 1. The summed E-state index contributed by atoms with van der Waals surface area (Å²) >= 11 is 0. The van der Waals surface area contributed by atoms with Gasteiger partial charge in [0.2, 0.25) is 0 Å². The van der Waals surface area contributed by atoms with E-state index >= 15 is 0 Å². The van der Waals surface area contributed by atoms with Gasteiger partial charge in [-0.2, -0.15) is 0 Å². The lowest BCUT2D eigenvalue weighted by atomic mass is 9.97. The third-order valence-corrected chi connectivity index (χ3v) is 2.44. The molecule has 2 N–H and O–H groups in total. The van der Waals surface area contributed by atoms with Gasteiger partial charge in [0.1, 0.15) is 0 Å². The maximum atomic E-state index is 11.5. The van der Waals surface area contributed by atoms with Gasteiger partial charge in [0, 0.05) is 12.8 Å². The zero-order chi connectivity index (χ0) is 14.3. The van der Waals surface area contributed by atoms with E-state index in [1.807, 2.05) is 13.8 Å². The largest absolute Gasteiger partial charge is 0.389 e. The number of ketones is 1. The minimum absolute atomic E-state index is 0.0198. The Labute approximate surface area is 110 Å². The van der Waals surface area contributed by atoms with E-state index in [-0.39, 0.29) is 12.2 Å². The normalized spacial score (nSPS) is 16.7. The summed E-state index contributed by atoms with van der Waals surface area (Å²) in [7, 11) is 0. The fourth-order valence-corrected chi connectivity index (χ4v) is 1.60. The molecule has 0 aliphatic rings. The van der Waals surface area contributed by atoms with Gasteiger partial charge in [-0.15, -0.1) is 6.58 Å². The van der Waals surface area contributed by atoms with E-state index in [1.165, 1.54) is 6.08 Å². The van der Waals surface area contributed by atoms with Gasteiger partial charge in [0.15, 0.2) is 5.78 Å². The molecule has 102 valence electrons. The number of aliphatic hydroxyl groups is 2. The molecule has 0 rings (SSSR count). The molecule has 0 bridgehead atoms. The zero-order valence-corrected chi connectivity index (χ0v) is 11.7. The summed E-state index contributed by atoms with van der Waals surface area (Å²) in [6, 6.07) is 0. The first kappa shape index (κ1) is 16.8. The smallest absolute Gasteiger partial charge is 0.159 e. The molecule has 18 heavy (non-hydrogen) atoms. The Morgan fingerprint density at radius 3 is 2.39 bits per heavy atom. The van der Waals surface area contributed by atoms with Crippen molar-refractivity contribution in [3.63, 3.8) is 0 Å². The van der Waals surface area contributed by atoms with E-state index in [0.717, 1.165) is 11.1 Å². The highest BCUT2D eigenvalue weighted by molar-refractivity contribution is 5.91. The molecular formula is C15H24O3. The number of carbonyl (C=O) groups is 1. The Morgan fingerprint density at radius 2 is 1.94 bits per heavy atom. The van der Waals surface area contributed by atoms with Crippen LogP contribution in [0.5, 0.6) is 0 Å². The summed E-state index contributed by atoms with van der Waals surface area (Å²) in [6.07, 6.45) is 4.27. The van der Waals surface area contributed by atoms with E-state index in [4.69, 9.17) is 0 Å². The summed E-state index contributed by atoms with van der Waals surface area (Å²) < 4.78 is 0. The van der Waals surface area contributed by atoms with Crippen LogP contribution < -0.4 is 0 Å². The molecule has 0 aromatic heterocycles. The summed E-state index contributed by atoms with van der Waals surface area (Å²) in [5.74, 6) is 0.0198. The van der Waals surface area contributed by atoms with Crippen molar-refractivity contribution in [2.45, 2.75) is 52.2 Å². The molecule has 0 aromatic carbocycles. The minimum atomic E-state index is -1.10. The highest BCUT2D eigenvalue weighted by atomic mass is 16.3. The van der Waals surface area contributed by atoms with Gasteiger partial charge >= 0.3 is 0 Å². The molecule has 0 saturated heterocycles. The van der Waals surface area contributed by atoms with Crippen molar-refractivity contribution in [3.05, 3.63) is 36.0 Å². The summed E-state index contributed by atoms with van der Waals surface area (Å²) in [5.41, 5.74) is 0.660. The second-order valence-corrected chi connectivity index (χ2v) is 5.21. The van der Waals surface area contributed by atoms with E-state index in [0.29, 0.717) is 6.42 Å². The van der Waals surface area contributed by atoms with Crippen molar-refractivity contribution >= 4 is 5.78 Å². The van der Waals surface area contributed by atoms with Gasteiger partial charge in [0.05, 0.1) is 11.7 Å². The van der Waals surface area contributed by atoms with Crippen molar-refractivity contribution in [3.8, 4) is 0 Å². The molecule has 0 amide bonds. The molecule has 0 radical (unpaired) electrons. The number of hydrogen-bond donors (Lipinski definition) is 2. The molecule has 0 aromatic rings. The molecular weight excluding hydrogens is 228 g/mol. The molecule has 0 spiro atoms. The van der Waals surface area contributed by atoms with Crippen LogP contribution in [-0.2, 0) is 4.79 Å². The van der Waals surface area contributed by atoms with Gasteiger partial charge < -0.3 is 10.2 Å². The van der Waals surface area contributed by atoms with Crippen molar-refractivity contribution in [2.24, 2.45) is 0 Å². The Bertz CT molecular complexity index is 358. The van der Waals surface area contributed by atoms with Crippen LogP contribution in [0.15, 0.2) is 36.0 Å². The van der Waals surface area contributed by atoms with Crippen LogP contribution in [0.1, 0.15) is 40.5 Å². The van der Waals surface area contributed by atoms with E-state index in [2.05, 4.69) is 6.58 Å². The predicted molar refractivity (Wildman–Crippen MR) is 74.3 cm³/mol. The molecule has 0 fully saturated rings. The average Bonchev–Trinajstić information content (AvgIpc) is 2.14. The van der Waals surface area contributed by atoms with Crippen LogP contribution in [-0.4, -0.2) is 27.7 Å². The first-order chi connectivity index (χ1) is 8.16. The highest BCUT2D eigenvalue weighted by Gasteiger charge is 2.19. The summed E-state index contributed by atoms with van der Waals surface area (Å²) in [6.45, 7) is 10.6. The molecule has 0 aliphatic carbocycles. The topological polar surface area (TPSA) is 57.5 Å². The third-order valence-electron chi connectivity index (χ3n) is 2.44. The molecule has 0 saturated carbocycles. The number of carbonyl (C=O) groups excluding carboxylic acids is 1. The maximum Gasteiger partial charge on any atom is 0.159 e. The van der Waals surface area contributed by atoms with Crippen molar-refractivity contribution < 1.29 is 15.0 Å². The molecule has 0 unspecified atom stereocenters. The lowest BCUT2D eigenvalue weighted by molar-refractivity contribution is -0.114. The second kappa shape index (κ2) is 7.29. The lowest BCUT2D eigenvalue weighted by Crippen LogP contribution is -2.26. The van der Waals surface area contributed by atoms with Crippen molar-refractivity contribution in [1.82, 2.24) is 0 Å². The van der Waals surface area contributed by atoms with E-state index < -0.39 is 11.7 Å². The molecule has 0 heterocycles. The lowest BCUT2D eigenvalue weighted by Gasteiger charge is -2.20. The van der Waals surface area contributed by atoms with Gasteiger partial charge in [-0.1, -0.05) is 23.3 Å². The molecule has 0 aliphatic heterocycles. The second-order valence-electron chi connectivity index (χ2n) is 5.21. The Balaban J connectivity index is 4.46. The number of rotatable bonds is 7. The zero-order valence-electron chi connectivity index (χ0n) is 11.7. The van der Waals surface area contributed by atoms with Crippen LogP contribution >= 0.6 is 0 Å². The fourth-order valence-electron chi connectivity index (χ4n) is 1.60. The minimum Gasteiger partial charge on any atom is -0.389 e. The van der Waals surface area contributed by atoms with Crippen LogP contribution in [0.3, 0.4) is 0 Å². The van der Waals surface area contributed by atoms with E-state index in [1.54, 1.807) is 26.0 Å². The van der Waals surface area contributed by atoms with Crippen LogP contribution in [0, 0.1) is 0 Å². The Morgan fingerprint density at radius 1 is 1.39 bits per heavy atom. The average molecular weight is 252 g/mol. The standard InChI is InChI=1S/C15H24O3/c1-6-15(5,18)10-14(17)9-12(4)8-13(16)7-11(2)3/h6-7,9,14,17-18H,1,8,10H2,2-5H3/b12-9+/t14-,15+/m0/s1. The van der Waals surface area contributed by atoms with Crippen LogP contribution in [0.25, 0.3) is 0 Å². The van der Waals surface area contributed by atoms with Gasteiger partial charge in [-0.3, -0.25) is 4.79 Å². The number of allylic oxidation sites excluding steroid dienone is 3. The molecule has 3 nitrogen and oxygen atoms in total. The van der Waals surface area contributed by atoms with Crippen molar-refractivity contribution in [2.75, 3.05) is 0 Å². The third kappa shape index (κ3) is 7.98. The van der Waals surface area contributed by atoms with Crippen molar-refractivity contribution in [1.29, 1.82) is 0 Å².